The fraction of sp³-hybridized carbons (Fsp3) is 0.200. The number of hydrogen-bond acceptors (Lipinski definition) is 5. The molecular formula is C20H20N4O4. The van der Waals surface area contributed by atoms with Gasteiger partial charge in [-0.05, 0) is 23.8 Å². The van der Waals surface area contributed by atoms with Crippen LogP contribution >= 0.6 is 0 Å². The van der Waals surface area contributed by atoms with Crippen LogP contribution in [0.25, 0.3) is 10.9 Å². The zero-order valence-electron chi connectivity index (χ0n) is 15.5. The lowest BCUT2D eigenvalue weighted by molar-refractivity contribution is -0.124. The van der Waals surface area contributed by atoms with Crippen molar-refractivity contribution in [2.45, 2.75) is 6.42 Å². The van der Waals surface area contributed by atoms with E-state index in [0.717, 1.165) is 11.1 Å². The fourth-order valence-electron chi connectivity index (χ4n) is 2.76. The number of nitrogens with zero attached hydrogens (tertiary/aromatic N) is 3. The molecule has 1 aromatic heterocycles. The van der Waals surface area contributed by atoms with Gasteiger partial charge in [-0.2, -0.15) is 0 Å². The minimum Gasteiger partial charge on any atom is -0.497 e. The van der Waals surface area contributed by atoms with E-state index in [2.05, 4.69) is 15.5 Å². The molecule has 2 amide bonds. The first-order valence-electron chi connectivity index (χ1n) is 8.60. The Hall–Kier alpha value is -3.68. The summed E-state index contributed by atoms with van der Waals surface area (Å²) in [6.07, 6.45) is 0.137. The molecule has 3 aromatic rings. The molecule has 0 aliphatic carbocycles. The first-order valence-corrected chi connectivity index (χ1v) is 8.60. The number of azo groups is 1. The number of para-hydroxylation sites is 1. The molecule has 2 aromatic carbocycles. The molecule has 0 fully saturated rings. The van der Waals surface area contributed by atoms with Gasteiger partial charge in [-0.1, -0.05) is 30.3 Å². The third kappa shape index (κ3) is 4.17. The topological polar surface area (TPSA) is 105 Å². The van der Waals surface area contributed by atoms with Crippen molar-refractivity contribution >= 4 is 28.4 Å². The van der Waals surface area contributed by atoms with E-state index < -0.39 is 5.91 Å². The van der Waals surface area contributed by atoms with Crippen LogP contribution in [0.15, 0.2) is 58.8 Å². The van der Waals surface area contributed by atoms with Crippen molar-refractivity contribution in [3.8, 4) is 11.6 Å². The minimum atomic E-state index is -0.615. The molecule has 0 spiro atoms. The van der Waals surface area contributed by atoms with Crippen molar-refractivity contribution in [3.63, 3.8) is 0 Å². The number of methoxy groups -OCH3 is 1. The summed E-state index contributed by atoms with van der Waals surface area (Å²) in [6, 6.07) is 14.3. The van der Waals surface area contributed by atoms with Gasteiger partial charge in [-0.15, -0.1) is 10.2 Å². The van der Waals surface area contributed by atoms with Crippen molar-refractivity contribution in [1.82, 2.24) is 9.88 Å². The highest BCUT2D eigenvalue weighted by atomic mass is 16.5. The van der Waals surface area contributed by atoms with Gasteiger partial charge in [0, 0.05) is 12.4 Å². The summed E-state index contributed by atoms with van der Waals surface area (Å²) in [6.45, 7) is -0.274. The second kappa shape index (κ2) is 8.34. The number of aryl methyl sites for hydroxylation is 1. The van der Waals surface area contributed by atoms with Crippen molar-refractivity contribution in [3.05, 3.63) is 54.1 Å². The van der Waals surface area contributed by atoms with Crippen molar-refractivity contribution in [1.29, 1.82) is 0 Å². The van der Waals surface area contributed by atoms with Crippen LogP contribution in [0.4, 0.5) is 5.69 Å². The van der Waals surface area contributed by atoms with Gasteiger partial charge < -0.3 is 19.7 Å². The van der Waals surface area contributed by atoms with Gasteiger partial charge in [0.25, 0.3) is 5.91 Å². The normalized spacial score (nSPS) is 11.1. The van der Waals surface area contributed by atoms with Crippen LogP contribution < -0.4 is 10.1 Å². The SMILES string of the molecule is COc1ccc(CC(=O)NCC(=O)N=Nc2c(O)n(C)c3ccccc23)cc1. The highest BCUT2D eigenvalue weighted by Crippen LogP contribution is 2.37. The Morgan fingerprint density at radius 2 is 1.86 bits per heavy atom. The second-order valence-electron chi connectivity index (χ2n) is 6.14. The number of amides is 2. The molecule has 0 bridgehead atoms. The smallest absolute Gasteiger partial charge is 0.283 e. The van der Waals surface area contributed by atoms with Gasteiger partial charge in [0.05, 0.1) is 19.0 Å². The Kier molecular flexibility index (Phi) is 5.69. The largest absolute Gasteiger partial charge is 0.497 e. The van der Waals surface area contributed by atoms with E-state index in [1.807, 2.05) is 18.2 Å². The number of aromatic nitrogens is 1. The number of fused-ring (bicyclic) bond motifs is 1. The number of benzene rings is 2. The molecule has 144 valence electrons. The molecule has 8 heteroatoms. The minimum absolute atomic E-state index is 0.0821. The maximum atomic E-state index is 12.0. The predicted molar refractivity (Wildman–Crippen MR) is 104 cm³/mol. The maximum absolute atomic E-state index is 12.0. The molecule has 0 atom stereocenters. The van der Waals surface area contributed by atoms with E-state index in [4.69, 9.17) is 4.74 Å². The van der Waals surface area contributed by atoms with Crippen molar-refractivity contribution in [2.24, 2.45) is 17.3 Å². The molecule has 1 heterocycles. The third-order valence-corrected chi connectivity index (χ3v) is 4.27. The second-order valence-corrected chi connectivity index (χ2v) is 6.14. The van der Waals surface area contributed by atoms with E-state index in [-0.39, 0.29) is 30.4 Å². The summed E-state index contributed by atoms with van der Waals surface area (Å²) in [4.78, 5) is 23.9. The zero-order valence-corrected chi connectivity index (χ0v) is 15.5. The van der Waals surface area contributed by atoms with E-state index in [1.54, 1.807) is 49.1 Å². The van der Waals surface area contributed by atoms with Crippen molar-refractivity contribution < 1.29 is 19.4 Å². The molecule has 28 heavy (non-hydrogen) atoms. The summed E-state index contributed by atoms with van der Waals surface area (Å²) < 4.78 is 6.63. The summed E-state index contributed by atoms with van der Waals surface area (Å²) in [5, 5.41) is 20.8. The van der Waals surface area contributed by atoms with Crippen LogP contribution in [0.1, 0.15) is 5.56 Å². The summed E-state index contributed by atoms with van der Waals surface area (Å²) >= 11 is 0. The molecule has 0 aliphatic heterocycles. The van der Waals surface area contributed by atoms with Crippen LogP contribution in [0.3, 0.4) is 0 Å². The van der Waals surface area contributed by atoms with Gasteiger partial charge in [-0.3, -0.25) is 9.59 Å². The standard InChI is InChI=1S/C20H20N4O4/c1-24-16-6-4-3-5-15(16)19(20(24)27)23-22-18(26)12-21-17(25)11-13-7-9-14(28-2)10-8-13/h3-10,27H,11-12H2,1-2H3,(H,21,25). The number of carbonyl (C=O) groups is 2. The molecule has 0 saturated carbocycles. The molecule has 8 nitrogen and oxygen atoms in total. The zero-order chi connectivity index (χ0) is 20.1. The van der Waals surface area contributed by atoms with E-state index in [1.165, 1.54) is 0 Å². The quantitative estimate of drug-likeness (QED) is 0.642. The van der Waals surface area contributed by atoms with Gasteiger partial charge >= 0.3 is 0 Å². The Labute approximate surface area is 161 Å². The molecule has 0 radical (unpaired) electrons. The Morgan fingerprint density at radius 3 is 2.57 bits per heavy atom. The number of rotatable bonds is 6. The van der Waals surface area contributed by atoms with Gasteiger partial charge in [0.15, 0.2) is 5.69 Å². The van der Waals surface area contributed by atoms with Crippen LogP contribution in [0.5, 0.6) is 11.6 Å². The van der Waals surface area contributed by atoms with Crippen LogP contribution in [0, 0.1) is 0 Å². The van der Waals surface area contributed by atoms with Crippen LogP contribution in [-0.2, 0) is 23.1 Å². The summed E-state index contributed by atoms with van der Waals surface area (Å²) in [5.74, 6) is -0.296. The number of aromatic hydroxyl groups is 1. The van der Waals surface area contributed by atoms with Crippen LogP contribution in [0.2, 0.25) is 0 Å². The number of carbonyl (C=O) groups excluding carboxylic acids is 2. The van der Waals surface area contributed by atoms with E-state index in [9.17, 15) is 14.7 Å². The number of ether oxygens (including phenoxy) is 1. The van der Waals surface area contributed by atoms with Crippen LogP contribution in [-0.4, -0.2) is 35.1 Å². The number of hydrogen-bond donors (Lipinski definition) is 2. The Bertz CT molecular complexity index is 1040. The van der Waals surface area contributed by atoms with E-state index >= 15 is 0 Å². The Morgan fingerprint density at radius 1 is 1.14 bits per heavy atom. The van der Waals surface area contributed by atoms with Gasteiger partial charge in [0.2, 0.25) is 11.8 Å². The molecule has 3 rings (SSSR count). The van der Waals surface area contributed by atoms with Gasteiger partial charge in [-0.25, -0.2) is 0 Å². The molecular weight excluding hydrogens is 360 g/mol. The Balaban J connectivity index is 1.58. The molecule has 2 N–H and O–H groups in total. The predicted octanol–water partition coefficient (Wildman–Crippen LogP) is 2.86. The lowest BCUT2D eigenvalue weighted by Gasteiger charge is -2.04. The molecule has 0 unspecified atom stereocenters. The summed E-state index contributed by atoms with van der Waals surface area (Å²) in [5.41, 5.74) is 1.79. The molecule has 0 aliphatic rings. The highest BCUT2D eigenvalue weighted by molar-refractivity contribution is 5.95. The first kappa shape index (κ1) is 19.1. The number of nitrogens with one attached hydrogen (secondary N) is 1. The lowest BCUT2D eigenvalue weighted by atomic mass is 10.1. The highest BCUT2D eigenvalue weighted by Gasteiger charge is 2.14. The maximum Gasteiger partial charge on any atom is 0.283 e. The average Bonchev–Trinajstić information content (AvgIpc) is 2.96. The van der Waals surface area contributed by atoms with Gasteiger partial charge in [0.1, 0.15) is 12.3 Å². The van der Waals surface area contributed by atoms with E-state index in [0.29, 0.717) is 11.1 Å². The first-order chi connectivity index (χ1) is 13.5. The average molecular weight is 380 g/mol. The third-order valence-electron chi connectivity index (χ3n) is 4.27. The lowest BCUT2D eigenvalue weighted by Crippen LogP contribution is -2.29. The van der Waals surface area contributed by atoms with Crippen molar-refractivity contribution in [2.75, 3.05) is 13.7 Å². The fourth-order valence-corrected chi connectivity index (χ4v) is 2.76. The monoisotopic (exact) mass is 380 g/mol. The molecule has 0 saturated heterocycles. The summed E-state index contributed by atoms with van der Waals surface area (Å²) in [7, 11) is 3.26.